The van der Waals surface area contributed by atoms with Crippen LogP contribution in [0.5, 0.6) is 0 Å². The number of hydrogen-bond donors (Lipinski definition) is 1. The lowest BCUT2D eigenvalue weighted by Crippen LogP contribution is -2.22. The lowest BCUT2D eigenvalue weighted by Gasteiger charge is -2.23. The maximum atomic E-state index is 10.9. The summed E-state index contributed by atoms with van der Waals surface area (Å²) in [6.07, 6.45) is 1.00. The van der Waals surface area contributed by atoms with Crippen LogP contribution < -0.4 is 5.32 Å². The van der Waals surface area contributed by atoms with Gasteiger partial charge in [-0.05, 0) is 24.0 Å². The Morgan fingerprint density at radius 2 is 2.12 bits per heavy atom. The number of benzene rings is 1. The summed E-state index contributed by atoms with van der Waals surface area (Å²) in [6.45, 7) is 7.01. The predicted molar refractivity (Wildman–Crippen MR) is 70.7 cm³/mol. The molecule has 0 amide bonds. The Morgan fingerprint density at radius 1 is 1.47 bits per heavy atom. The normalized spacial score (nSPS) is 11.3. The van der Waals surface area contributed by atoms with Crippen molar-refractivity contribution in [2.45, 2.75) is 27.2 Å². The summed E-state index contributed by atoms with van der Waals surface area (Å²) in [4.78, 5) is 10.5. The van der Waals surface area contributed by atoms with Gasteiger partial charge in [-0.2, -0.15) is 0 Å². The third kappa shape index (κ3) is 3.89. The SMILES string of the molecule is CCC(C)(C)CNc1ccc(Cl)cc1[N+](=O)[O-]. The van der Waals surface area contributed by atoms with Crippen molar-refractivity contribution in [1.29, 1.82) is 0 Å². The van der Waals surface area contributed by atoms with Crippen LogP contribution in [0.2, 0.25) is 5.02 Å². The molecule has 0 aliphatic rings. The molecule has 17 heavy (non-hydrogen) atoms. The van der Waals surface area contributed by atoms with E-state index in [1.54, 1.807) is 12.1 Å². The zero-order valence-electron chi connectivity index (χ0n) is 10.3. The smallest absolute Gasteiger partial charge is 0.293 e. The van der Waals surface area contributed by atoms with E-state index in [9.17, 15) is 10.1 Å². The summed E-state index contributed by atoms with van der Waals surface area (Å²) in [6, 6.07) is 4.66. The minimum absolute atomic E-state index is 0.0180. The molecule has 1 aromatic carbocycles. The third-order valence-corrected chi connectivity index (χ3v) is 3.11. The van der Waals surface area contributed by atoms with Crippen LogP contribution in [-0.2, 0) is 0 Å². The van der Waals surface area contributed by atoms with E-state index in [0.29, 0.717) is 17.3 Å². The molecular weight excluding hydrogens is 240 g/mol. The number of nitrogens with zero attached hydrogens (tertiary/aromatic N) is 1. The van der Waals surface area contributed by atoms with Crippen LogP contribution in [0.25, 0.3) is 0 Å². The largest absolute Gasteiger partial charge is 0.379 e. The number of rotatable bonds is 5. The van der Waals surface area contributed by atoms with E-state index >= 15 is 0 Å². The molecule has 0 fully saturated rings. The highest BCUT2D eigenvalue weighted by Gasteiger charge is 2.18. The highest BCUT2D eigenvalue weighted by molar-refractivity contribution is 6.30. The molecule has 5 heteroatoms. The van der Waals surface area contributed by atoms with Gasteiger partial charge in [-0.3, -0.25) is 10.1 Å². The van der Waals surface area contributed by atoms with Crippen LogP contribution in [0, 0.1) is 15.5 Å². The second-order valence-electron chi connectivity index (χ2n) is 4.79. The lowest BCUT2D eigenvalue weighted by molar-refractivity contribution is -0.383. The van der Waals surface area contributed by atoms with E-state index in [1.807, 2.05) is 0 Å². The maximum Gasteiger partial charge on any atom is 0.293 e. The van der Waals surface area contributed by atoms with Gasteiger partial charge in [0.15, 0.2) is 0 Å². The molecule has 0 heterocycles. The minimum atomic E-state index is -0.423. The van der Waals surface area contributed by atoms with E-state index in [0.717, 1.165) is 6.42 Å². The summed E-state index contributed by atoms with van der Waals surface area (Å²) < 4.78 is 0. The van der Waals surface area contributed by atoms with Crippen LogP contribution >= 0.6 is 11.6 Å². The number of halogens is 1. The fraction of sp³-hybridized carbons (Fsp3) is 0.500. The summed E-state index contributed by atoms with van der Waals surface area (Å²) in [7, 11) is 0. The van der Waals surface area contributed by atoms with E-state index in [-0.39, 0.29) is 11.1 Å². The first-order chi connectivity index (χ1) is 7.85. The van der Waals surface area contributed by atoms with Gasteiger partial charge in [0.2, 0.25) is 0 Å². The average Bonchev–Trinajstić information content (AvgIpc) is 2.27. The topological polar surface area (TPSA) is 55.2 Å². The van der Waals surface area contributed by atoms with Gasteiger partial charge in [0.25, 0.3) is 5.69 Å². The van der Waals surface area contributed by atoms with Crippen molar-refractivity contribution < 1.29 is 4.92 Å². The Morgan fingerprint density at radius 3 is 2.65 bits per heavy atom. The number of hydrogen-bond acceptors (Lipinski definition) is 3. The Balaban J connectivity index is 2.88. The van der Waals surface area contributed by atoms with Gasteiger partial charge in [0.1, 0.15) is 5.69 Å². The van der Waals surface area contributed by atoms with Crippen molar-refractivity contribution in [1.82, 2.24) is 0 Å². The maximum absolute atomic E-state index is 10.9. The number of nitro benzene ring substituents is 1. The second-order valence-corrected chi connectivity index (χ2v) is 5.23. The van der Waals surface area contributed by atoms with Crippen LogP contribution in [0.1, 0.15) is 27.2 Å². The molecule has 1 aromatic rings. The number of anilines is 1. The van der Waals surface area contributed by atoms with Crippen molar-refractivity contribution in [2.75, 3.05) is 11.9 Å². The molecule has 0 aromatic heterocycles. The quantitative estimate of drug-likeness (QED) is 0.637. The zero-order valence-corrected chi connectivity index (χ0v) is 11.0. The van der Waals surface area contributed by atoms with E-state index in [2.05, 4.69) is 26.1 Å². The molecular formula is C12H17ClN2O2. The molecule has 0 aliphatic carbocycles. The Labute approximate surface area is 106 Å². The predicted octanol–water partition coefficient (Wildman–Crippen LogP) is 4.10. The lowest BCUT2D eigenvalue weighted by atomic mass is 9.90. The molecule has 4 nitrogen and oxygen atoms in total. The van der Waals surface area contributed by atoms with Gasteiger partial charge in [-0.1, -0.05) is 32.4 Å². The first-order valence-electron chi connectivity index (χ1n) is 5.53. The van der Waals surface area contributed by atoms with Crippen molar-refractivity contribution in [3.8, 4) is 0 Å². The average molecular weight is 257 g/mol. The number of nitro groups is 1. The van der Waals surface area contributed by atoms with E-state index in [1.165, 1.54) is 6.07 Å². The molecule has 0 saturated carbocycles. The van der Waals surface area contributed by atoms with Gasteiger partial charge in [-0.25, -0.2) is 0 Å². The molecule has 0 saturated heterocycles. The molecule has 0 aliphatic heterocycles. The molecule has 94 valence electrons. The molecule has 0 atom stereocenters. The third-order valence-electron chi connectivity index (χ3n) is 2.87. The summed E-state index contributed by atoms with van der Waals surface area (Å²) >= 11 is 5.75. The Hall–Kier alpha value is -1.29. The molecule has 1 rings (SSSR count). The van der Waals surface area contributed by atoms with E-state index < -0.39 is 4.92 Å². The van der Waals surface area contributed by atoms with Crippen molar-refractivity contribution >= 4 is 23.0 Å². The van der Waals surface area contributed by atoms with Gasteiger partial charge in [-0.15, -0.1) is 0 Å². The monoisotopic (exact) mass is 256 g/mol. The highest BCUT2D eigenvalue weighted by atomic mass is 35.5. The van der Waals surface area contributed by atoms with Crippen LogP contribution in [0.15, 0.2) is 18.2 Å². The van der Waals surface area contributed by atoms with Crippen LogP contribution in [0.3, 0.4) is 0 Å². The molecule has 1 N–H and O–H groups in total. The molecule has 0 radical (unpaired) electrons. The molecule has 0 bridgehead atoms. The van der Waals surface area contributed by atoms with Crippen molar-refractivity contribution in [2.24, 2.45) is 5.41 Å². The first-order valence-corrected chi connectivity index (χ1v) is 5.91. The summed E-state index contributed by atoms with van der Waals surface area (Å²) in [5.74, 6) is 0. The van der Waals surface area contributed by atoms with Gasteiger partial charge in [0.05, 0.1) is 4.92 Å². The van der Waals surface area contributed by atoms with Gasteiger partial charge in [0, 0.05) is 17.6 Å². The second kappa shape index (κ2) is 5.36. The molecule has 0 spiro atoms. The van der Waals surface area contributed by atoms with Gasteiger partial charge >= 0.3 is 0 Å². The fourth-order valence-electron chi connectivity index (χ4n) is 1.26. The van der Waals surface area contributed by atoms with Crippen molar-refractivity contribution in [3.05, 3.63) is 33.3 Å². The minimum Gasteiger partial charge on any atom is -0.379 e. The van der Waals surface area contributed by atoms with Crippen molar-refractivity contribution in [3.63, 3.8) is 0 Å². The zero-order chi connectivity index (χ0) is 13.1. The number of nitrogens with one attached hydrogen (secondary N) is 1. The van der Waals surface area contributed by atoms with E-state index in [4.69, 9.17) is 11.6 Å². The Bertz CT molecular complexity index is 419. The van der Waals surface area contributed by atoms with Crippen LogP contribution in [-0.4, -0.2) is 11.5 Å². The van der Waals surface area contributed by atoms with Gasteiger partial charge < -0.3 is 5.32 Å². The summed E-state index contributed by atoms with van der Waals surface area (Å²) in [5, 5.41) is 14.4. The first kappa shape index (κ1) is 13.8. The Kier molecular flexibility index (Phi) is 4.34. The standard InChI is InChI=1S/C12H17ClN2O2/c1-4-12(2,3)8-14-10-6-5-9(13)7-11(10)15(16)17/h5-7,14H,4,8H2,1-3H3. The molecule has 0 unspecified atom stereocenters. The van der Waals surface area contributed by atoms with Crippen LogP contribution in [0.4, 0.5) is 11.4 Å². The highest BCUT2D eigenvalue weighted by Crippen LogP contribution is 2.29. The fourth-order valence-corrected chi connectivity index (χ4v) is 1.43. The summed E-state index contributed by atoms with van der Waals surface area (Å²) in [5.41, 5.74) is 0.637.